The zero-order valence-corrected chi connectivity index (χ0v) is 16.5. The topological polar surface area (TPSA) is 41.5 Å². The fourth-order valence-electron chi connectivity index (χ4n) is 4.63. The van der Waals surface area contributed by atoms with Gasteiger partial charge in [0.15, 0.2) is 0 Å². The van der Waals surface area contributed by atoms with Crippen molar-refractivity contribution in [2.75, 3.05) is 34.4 Å². The molecule has 4 nitrogen and oxygen atoms in total. The van der Waals surface area contributed by atoms with Crippen molar-refractivity contribution in [3.8, 4) is 17.2 Å². The van der Waals surface area contributed by atoms with Gasteiger partial charge in [0.25, 0.3) is 0 Å². The van der Waals surface area contributed by atoms with Crippen LogP contribution in [-0.4, -0.2) is 38.8 Å². The van der Waals surface area contributed by atoms with Crippen molar-refractivity contribution in [2.45, 2.75) is 31.7 Å². The monoisotopic (exact) mass is 367 g/mol. The predicted octanol–water partition coefficient (Wildman–Crippen LogP) is 3.47. The number of ether oxygens (including phenoxy) is 2. The van der Waals surface area contributed by atoms with E-state index in [1.54, 1.807) is 26.4 Å². The SMILES string of the molecule is COc1ccc2c(c1)CC[N@@+](C)(CC1CC1)[C@@H]2Cc1ccc(OC)c([O-])c1. The van der Waals surface area contributed by atoms with Gasteiger partial charge >= 0.3 is 0 Å². The highest BCUT2D eigenvalue weighted by molar-refractivity contribution is 5.43. The molecule has 0 bridgehead atoms. The number of rotatable bonds is 6. The first-order chi connectivity index (χ1) is 13.0. The van der Waals surface area contributed by atoms with Gasteiger partial charge in [-0.25, -0.2) is 0 Å². The Labute approximate surface area is 161 Å². The van der Waals surface area contributed by atoms with E-state index in [1.807, 2.05) is 6.07 Å². The van der Waals surface area contributed by atoms with Crippen molar-refractivity contribution in [2.24, 2.45) is 5.92 Å². The Bertz CT molecular complexity index is 830. The van der Waals surface area contributed by atoms with Crippen LogP contribution in [-0.2, 0) is 12.8 Å². The molecule has 2 aromatic rings. The van der Waals surface area contributed by atoms with E-state index in [-0.39, 0.29) is 5.75 Å². The third kappa shape index (κ3) is 3.63. The summed E-state index contributed by atoms with van der Waals surface area (Å²) < 4.78 is 11.6. The molecule has 0 amide bonds. The van der Waals surface area contributed by atoms with Crippen LogP contribution >= 0.6 is 0 Å². The average Bonchev–Trinajstić information content (AvgIpc) is 3.47. The molecule has 1 fully saturated rings. The zero-order chi connectivity index (χ0) is 19.0. The maximum Gasteiger partial charge on any atom is 0.119 e. The van der Waals surface area contributed by atoms with E-state index < -0.39 is 0 Å². The molecular formula is C23H29NO3. The lowest BCUT2D eigenvalue weighted by Gasteiger charge is -2.46. The summed E-state index contributed by atoms with van der Waals surface area (Å²) in [6.07, 6.45) is 4.69. The molecule has 0 N–H and O–H groups in total. The Kier molecular flexibility index (Phi) is 4.77. The van der Waals surface area contributed by atoms with Crippen LogP contribution in [0, 0.1) is 5.92 Å². The average molecular weight is 367 g/mol. The molecule has 2 aromatic carbocycles. The smallest absolute Gasteiger partial charge is 0.119 e. The number of hydrogen-bond donors (Lipinski definition) is 0. The van der Waals surface area contributed by atoms with Gasteiger partial charge in [0.1, 0.15) is 17.5 Å². The van der Waals surface area contributed by atoms with E-state index >= 15 is 0 Å². The highest BCUT2D eigenvalue weighted by atomic mass is 16.5. The lowest BCUT2D eigenvalue weighted by Crippen LogP contribution is -2.53. The quantitative estimate of drug-likeness (QED) is 0.734. The largest absolute Gasteiger partial charge is 0.870 e. The molecule has 27 heavy (non-hydrogen) atoms. The van der Waals surface area contributed by atoms with Gasteiger partial charge in [0.2, 0.25) is 0 Å². The third-order valence-electron chi connectivity index (χ3n) is 6.38. The molecule has 0 aromatic heterocycles. The summed E-state index contributed by atoms with van der Waals surface area (Å²) in [7, 11) is 5.67. The van der Waals surface area contributed by atoms with Crippen LogP contribution in [0.5, 0.6) is 17.2 Å². The molecule has 144 valence electrons. The molecule has 0 spiro atoms. The summed E-state index contributed by atoms with van der Waals surface area (Å²) in [5.41, 5.74) is 3.89. The minimum absolute atomic E-state index is 0.0304. The Morgan fingerprint density at radius 1 is 1.07 bits per heavy atom. The van der Waals surface area contributed by atoms with Crippen LogP contribution in [0.2, 0.25) is 0 Å². The Balaban J connectivity index is 1.69. The number of methoxy groups -OCH3 is 2. The van der Waals surface area contributed by atoms with Gasteiger partial charge in [-0.3, -0.25) is 0 Å². The Hall–Kier alpha value is -2.20. The van der Waals surface area contributed by atoms with Gasteiger partial charge in [0.05, 0.1) is 34.4 Å². The summed E-state index contributed by atoms with van der Waals surface area (Å²) in [5.74, 6) is 2.18. The van der Waals surface area contributed by atoms with Crippen molar-refractivity contribution >= 4 is 0 Å². The minimum atomic E-state index is -0.0304. The van der Waals surface area contributed by atoms with Crippen LogP contribution < -0.4 is 14.6 Å². The molecular weight excluding hydrogens is 338 g/mol. The normalized spacial score (nSPS) is 24.3. The Morgan fingerprint density at radius 3 is 2.56 bits per heavy atom. The Morgan fingerprint density at radius 2 is 1.89 bits per heavy atom. The van der Waals surface area contributed by atoms with E-state index in [0.29, 0.717) is 11.8 Å². The molecule has 2 atom stereocenters. The summed E-state index contributed by atoms with van der Waals surface area (Å²) in [6.45, 7) is 2.37. The molecule has 4 heteroatoms. The first-order valence-corrected chi connectivity index (χ1v) is 9.87. The van der Waals surface area contributed by atoms with Gasteiger partial charge in [-0.05, 0) is 48.2 Å². The molecule has 0 saturated heterocycles. The van der Waals surface area contributed by atoms with Crippen LogP contribution in [0.1, 0.15) is 35.6 Å². The molecule has 4 rings (SSSR count). The molecule has 1 aliphatic carbocycles. The van der Waals surface area contributed by atoms with E-state index in [1.165, 1.54) is 30.5 Å². The second-order valence-electron chi connectivity index (χ2n) is 8.35. The van der Waals surface area contributed by atoms with Crippen molar-refractivity contribution < 1.29 is 19.1 Å². The fourth-order valence-corrected chi connectivity index (χ4v) is 4.63. The van der Waals surface area contributed by atoms with Crippen LogP contribution in [0.4, 0.5) is 0 Å². The molecule has 0 radical (unpaired) electrons. The molecule has 0 unspecified atom stereocenters. The highest BCUT2D eigenvalue weighted by Gasteiger charge is 2.42. The maximum absolute atomic E-state index is 12.2. The first kappa shape index (κ1) is 18.2. The summed E-state index contributed by atoms with van der Waals surface area (Å²) in [4.78, 5) is 0. The van der Waals surface area contributed by atoms with Crippen molar-refractivity contribution in [1.82, 2.24) is 0 Å². The van der Waals surface area contributed by atoms with Gasteiger partial charge in [-0.2, -0.15) is 0 Å². The number of fused-ring (bicyclic) bond motifs is 1. The number of likely N-dealkylation sites (N-methyl/N-ethyl adjacent to an activating group) is 1. The van der Waals surface area contributed by atoms with E-state index in [0.717, 1.165) is 41.1 Å². The molecule has 1 heterocycles. The van der Waals surface area contributed by atoms with Gasteiger partial charge < -0.3 is 19.1 Å². The highest BCUT2D eigenvalue weighted by Crippen LogP contribution is 2.43. The summed E-state index contributed by atoms with van der Waals surface area (Å²) in [5, 5.41) is 12.2. The molecule has 1 saturated carbocycles. The minimum Gasteiger partial charge on any atom is -0.870 e. The van der Waals surface area contributed by atoms with Crippen molar-refractivity contribution in [3.05, 3.63) is 53.1 Å². The van der Waals surface area contributed by atoms with E-state index in [9.17, 15) is 5.11 Å². The summed E-state index contributed by atoms with van der Waals surface area (Å²) >= 11 is 0. The van der Waals surface area contributed by atoms with Crippen LogP contribution in [0.3, 0.4) is 0 Å². The van der Waals surface area contributed by atoms with Crippen LogP contribution in [0.25, 0.3) is 0 Å². The van der Waals surface area contributed by atoms with Crippen molar-refractivity contribution in [3.63, 3.8) is 0 Å². The molecule has 1 aliphatic heterocycles. The van der Waals surface area contributed by atoms with E-state index in [4.69, 9.17) is 9.47 Å². The first-order valence-electron chi connectivity index (χ1n) is 9.87. The summed E-state index contributed by atoms with van der Waals surface area (Å²) in [6, 6.07) is 12.5. The van der Waals surface area contributed by atoms with Gasteiger partial charge in [0, 0.05) is 24.3 Å². The lowest BCUT2D eigenvalue weighted by atomic mass is 9.86. The zero-order valence-electron chi connectivity index (χ0n) is 16.5. The fraction of sp³-hybridized carbons (Fsp3) is 0.478. The maximum atomic E-state index is 12.2. The van der Waals surface area contributed by atoms with Crippen molar-refractivity contribution in [1.29, 1.82) is 0 Å². The lowest BCUT2D eigenvalue weighted by molar-refractivity contribution is -0.943. The van der Waals surface area contributed by atoms with Gasteiger partial charge in [-0.1, -0.05) is 17.9 Å². The number of benzene rings is 2. The number of quaternary nitrogens is 1. The standard InChI is InChI=1S/C23H29NO3/c1-24(15-16-4-5-16)11-10-18-14-19(26-2)7-8-20(18)21(24)12-17-6-9-23(27-3)22(25)13-17/h6-9,13-14,16,21H,4-5,10-12,15H2,1-3H3/t21-,24+/m1/s1. The third-order valence-corrected chi connectivity index (χ3v) is 6.38. The molecule has 2 aliphatic rings. The predicted molar refractivity (Wildman–Crippen MR) is 104 cm³/mol. The number of hydrogen-bond acceptors (Lipinski definition) is 3. The number of nitrogens with zero attached hydrogens (tertiary/aromatic N) is 1. The van der Waals surface area contributed by atoms with E-state index in [2.05, 4.69) is 25.2 Å². The van der Waals surface area contributed by atoms with Gasteiger partial charge in [-0.15, -0.1) is 0 Å². The second kappa shape index (κ2) is 7.08. The van der Waals surface area contributed by atoms with Crippen LogP contribution in [0.15, 0.2) is 36.4 Å². The second-order valence-corrected chi connectivity index (χ2v) is 8.35.